The largest absolute Gasteiger partial charge is 0.337 e. The van der Waals surface area contributed by atoms with Gasteiger partial charge in [-0.3, -0.25) is 19.5 Å². The molecular formula is C19H15Cl2N3O3. The number of rotatable bonds is 4. The Balaban J connectivity index is 1.86. The van der Waals surface area contributed by atoms with Crippen molar-refractivity contribution in [2.75, 3.05) is 7.05 Å². The minimum absolute atomic E-state index is 0.241. The highest BCUT2D eigenvalue weighted by Gasteiger charge is 2.14. The molecule has 1 aromatic heterocycles. The van der Waals surface area contributed by atoms with Gasteiger partial charge in [0.1, 0.15) is 0 Å². The van der Waals surface area contributed by atoms with Crippen LogP contribution in [0.5, 0.6) is 0 Å². The van der Waals surface area contributed by atoms with Crippen molar-refractivity contribution in [1.29, 1.82) is 0 Å². The lowest BCUT2D eigenvalue weighted by molar-refractivity contribution is 0.0785. The van der Waals surface area contributed by atoms with Gasteiger partial charge >= 0.3 is 0 Å². The fourth-order valence-electron chi connectivity index (χ4n) is 2.60. The molecule has 8 heteroatoms. The highest BCUT2D eigenvalue weighted by Crippen LogP contribution is 2.23. The van der Waals surface area contributed by atoms with Crippen LogP contribution in [0.2, 0.25) is 10.0 Å². The zero-order chi connectivity index (χ0) is 19.6. The topological polar surface area (TPSA) is 75.2 Å². The molecule has 0 fully saturated rings. The molecule has 0 aliphatic heterocycles. The Morgan fingerprint density at radius 3 is 2.56 bits per heavy atom. The first-order valence-electron chi connectivity index (χ1n) is 7.97. The van der Waals surface area contributed by atoms with Crippen molar-refractivity contribution in [1.82, 2.24) is 14.7 Å². The summed E-state index contributed by atoms with van der Waals surface area (Å²) in [7, 11) is 1.66. The van der Waals surface area contributed by atoms with Gasteiger partial charge in [0.2, 0.25) is 0 Å². The molecule has 1 amide bonds. The van der Waals surface area contributed by atoms with E-state index in [9.17, 15) is 14.4 Å². The first kappa shape index (κ1) is 18.9. The molecule has 27 heavy (non-hydrogen) atoms. The molecule has 3 aromatic rings. The number of aromatic nitrogens is 2. The van der Waals surface area contributed by atoms with Crippen molar-refractivity contribution in [2.24, 2.45) is 0 Å². The monoisotopic (exact) mass is 403 g/mol. The predicted octanol–water partition coefficient (Wildman–Crippen LogP) is 3.10. The van der Waals surface area contributed by atoms with Crippen molar-refractivity contribution in [3.63, 3.8) is 0 Å². The fraction of sp³-hybridized carbons (Fsp3) is 0.105. The molecule has 0 unspecified atom stereocenters. The summed E-state index contributed by atoms with van der Waals surface area (Å²) in [5.74, 6) is -0.241. The number of hydrogen-bond acceptors (Lipinski definition) is 3. The summed E-state index contributed by atoms with van der Waals surface area (Å²) in [6.45, 7) is 0.335. The molecule has 0 radical (unpaired) electrons. The molecule has 0 aliphatic rings. The van der Waals surface area contributed by atoms with Crippen molar-refractivity contribution >= 4 is 29.1 Å². The number of hydrogen-bond donors (Lipinski definition) is 1. The van der Waals surface area contributed by atoms with Gasteiger partial charge in [0.25, 0.3) is 17.0 Å². The molecule has 0 spiro atoms. The summed E-state index contributed by atoms with van der Waals surface area (Å²) in [5.41, 5.74) is 0.796. The van der Waals surface area contributed by atoms with Gasteiger partial charge in [-0.2, -0.15) is 0 Å². The first-order valence-corrected chi connectivity index (χ1v) is 8.73. The molecule has 0 bridgehead atoms. The van der Waals surface area contributed by atoms with Crippen LogP contribution in [0.4, 0.5) is 0 Å². The molecule has 2 aromatic carbocycles. The maximum atomic E-state index is 12.7. The Morgan fingerprint density at radius 1 is 1.04 bits per heavy atom. The van der Waals surface area contributed by atoms with Crippen LogP contribution in [0.15, 0.2) is 64.2 Å². The molecule has 3 rings (SSSR count). The number of nitrogens with one attached hydrogen (secondary N) is 1. The van der Waals surface area contributed by atoms with Gasteiger partial charge in [0, 0.05) is 31.3 Å². The fourth-order valence-corrected chi connectivity index (χ4v) is 2.92. The molecular weight excluding hydrogens is 389 g/mol. The number of nitrogens with zero attached hydrogens (tertiary/aromatic N) is 2. The third-order valence-electron chi connectivity index (χ3n) is 3.92. The number of carbonyl (C=O) groups excluding carboxylic acids is 1. The molecule has 0 saturated carbocycles. The van der Waals surface area contributed by atoms with Crippen LogP contribution in [-0.4, -0.2) is 27.6 Å². The molecule has 1 heterocycles. The van der Waals surface area contributed by atoms with Crippen LogP contribution < -0.4 is 11.1 Å². The Kier molecular flexibility index (Phi) is 5.48. The zero-order valence-corrected chi connectivity index (χ0v) is 15.8. The second-order valence-corrected chi connectivity index (χ2v) is 6.76. The van der Waals surface area contributed by atoms with E-state index in [0.717, 1.165) is 16.3 Å². The van der Waals surface area contributed by atoms with Gasteiger partial charge in [-0.15, -0.1) is 0 Å². The SMILES string of the molecule is CN(Cc1ccc(Cl)c(Cl)c1)C(=O)c1cccc(-n2[nH]c(=O)ccc2=O)c1. The highest BCUT2D eigenvalue weighted by molar-refractivity contribution is 6.42. The molecule has 138 valence electrons. The Morgan fingerprint density at radius 2 is 1.81 bits per heavy atom. The van der Waals surface area contributed by atoms with Crippen molar-refractivity contribution in [3.8, 4) is 5.69 Å². The average molecular weight is 404 g/mol. The highest BCUT2D eigenvalue weighted by atomic mass is 35.5. The van der Waals surface area contributed by atoms with E-state index < -0.39 is 11.1 Å². The lowest BCUT2D eigenvalue weighted by Gasteiger charge is -2.18. The smallest absolute Gasteiger partial charge is 0.269 e. The molecule has 0 atom stereocenters. The van der Waals surface area contributed by atoms with Crippen LogP contribution in [0.1, 0.15) is 15.9 Å². The normalized spacial score (nSPS) is 10.6. The summed E-state index contributed by atoms with van der Waals surface area (Å²) < 4.78 is 1.10. The zero-order valence-electron chi connectivity index (χ0n) is 14.3. The maximum Gasteiger partial charge on any atom is 0.269 e. The van der Waals surface area contributed by atoms with Gasteiger partial charge in [0.15, 0.2) is 0 Å². The Bertz CT molecular complexity index is 1120. The maximum absolute atomic E-state index is 12.7. The quantitative estimate of drug-likeness (QED) is 0.726. The van der Waals surface area contributed by atoms with Gasteiger partial charge in [-0.1, -0.05) is 35.3 Å². The summed E-state index contributed by atoms with van der Waals surface area (Å²) in [5, 5.41) is 3.30. The summed E-state index contributed by atoms with van der Waals surface area (Å²) >= 11 is 11.9. The standard InChI is InChI=1S/C19H15Cl2N3O3/c1-23(11-12-5-6-15(20)16(21)9-12)19(27)13-3-2-4-14(10-13)24-18(26)8-7-17(25)22-24/h2-10H,11H2,1H3,(H,22,25). The van der Waals surface area contributed by atoms with E-state index in [1.165, 1.54) is 11.0 Å². The van der Waals surface area contributed by atoms with Crippen LogP contribution in [0.25, 0.3) is 5.69 Å². The molecule has 1 N–H and O–H groups in total. The van der Waals surface area contributed by atoms with Crippen molar-refractivity contribution < 1.29 is 4.79 Å². The minimum Gasteiger partial charge on any atom is -0.337 e. The van der Waals surface area contributed by atoms with E-state index >= 15 is 0 Å². The predicted molar refractivity (Wildman–Crippen MR) is 105 cm³/mol. The summed E-state index contributed by atoms with van der Waals surface area (Å²) in [6, 6.07) is 14.0. The van der Waals surface area contributed by atoms with Gasteiger partial charge in [0.05, 0.1) is 15.7 Å². The van der Waals surface area contributed by atoms with E-state index in [-0.39, 0.29) is 5.91 Å². The van der Waals surface area contributed by atoms with E-state index in [1.54, 1.807) is 49.5 Å². The van der Waals surface area contributed by atoms with Gasteiger partial charge in [-0.05, 0) is 35.9 Å². The van der Waals surface area contributed by atoms with Crippen LogP contribution >= 0.6 is 23.2 Å². The molecule has 0 saturated heterocycles. The second kappa shape index (κ2) is 7.82. The number of amides is 1. The Labute approximate surface area is 164 Å². The van der Waals surface area contributed by atoms with E-state index in [2.05, 4.69) is 5.10 Å². The molecule has 0 aliphatic carbocycles. The minimum atomic E-state index is -0.414. The third kappa shape index (κ3) is 4.30. The van der Waals surface area contributed by atoms with Gasteiger partial charge in [-0.25, -0.2) is 4.68 Å². The van der Waals surface area contributed by atoms with Crippen LogP contribution in [0.3, 0.4) is 0 Å². The van der Waals surface area contributed by atoms with Crippen LogP contribution in [0, 0.1) is 0 Å². The second-order valence-electron chi connectivity index (χ2n) is 5.94. The summed E-state index contributed by atoms with van der Waals surface area (Å²) in [6.07, 6.45) is 0. The number of aromatic amines is 1. The first-order chi connectivity index (χ1) is 12.8. The Hall–Kier alpha value is -2.83. The van der Waals surface area contributed by atoms with Crippen molar-refractivity contribution in [3.05, 3.63) is 96.5 Å². The number of benzene rings is 2. The molecule has 6 nitrogen and oxygen atoms in total. The average Bonchev–Trinajstić information content (AvgIpc) is 2.66. The number of halogens is 2. The number of carbonyl (C=O) groups is 1. The van der Waals surface area contributed by atoms with E-state index in [4.69, 9.17) is 23.2 Å². The van der Waals surface area contributed by atoms with E-state index in [1.807, 2.05) is 0 Å². The third-order valence-corrected chi connectivity index (χ3v) is 4.66. The number of H-pyrrole nitrogens is 1. The van der Waals surface area contributed by atoms with E-state index in [0.29, 0.717) is 27.8 Å². The lowest BCUT2D eigenvalue weighted by atomic mass is 10.1. The van der Waals surface area contributed by atoms with Crippen LogP contribution in [-0.2, 0) is 6.54 Å². The van der Waals surface area contributed by atoms with Crippen molar-refractivity contribution in [2.45, 2.75) is 6.54 Å². The van der Waals surface area contributed by atoms with Gasteiger partial charge < -0.3 is 4.90 Å². The lowest BCUT2D eigenvalue weighted by Crippen LogP contribution is -2.28. The summed E-state index contributed by atoms with van der Waals surface area (Å²) in [4.78, 5) is 37.7.